The summed E-state index contributed by atoms with van der Waals surface area (Å²) in [6.45, 7) is 4.11. The molecule has 1 aromatic heterocycles. The average Bonchev–Trinajstić information content (AvgIpc) is 2.31. The van der Waals surface area contributed by atoms with Crippen LogP contribution < -0.4 is 4.74 Å². The van der Waals surface area contributed by atoms with E-state index in [4.69, 9.17) is 17.0 Å². The number of aromatic nitrogens is 1. The molecule has 1 aromatic carbocycles. The zero-order valence-corrected chi connectivity index (χ0v) is 11.0. The lowest BCUT2D eigenvalue weighted by Gasteiger charge is -2.11. The molecule has 0 spiro atoms. The topological polar surface area (TPSA) is 25.0 Å². The average molecular weight is 245 g/mol. The molecule has 0 bridgehead atoms. The van der Waals surface area contributed by atoms with E-state index >= 15 is 0 Å². The Morgan fingerprint density at radius 3 is 2.53 bits per heavy atom. The van der Waals surface area contributed by atoms with Gasteiger partial charge in [0.25, 0.3) is 0 Å². The standard InChI is InChI=1S/C14H15NOS/c1-9-7-14(16-3)10(2)6-12(9)13-8-11(17)4-5-15-13/h4-8H,1-3H3,(H,15,17). The van der Waals surface area contributed by atoms with E-state index in [1.807, 2.05) is 25.3 Å². The SMILES string of the molecule is COc1cc(C)c(-c2cc(=S)cc[nH]2)cc1C. The highest BCUT2D eigenvalue weighted by atomic mass is 32.1. The molecule has 2 nitrogen and oxygen atoms in total. The number of aryl methyl sites for hydroxylation is 2. The lowest BCUT2D eigenvalue weighted by Crippen LogP contribution is -1.92. The van der Waals surface area contributed by atoms with Gasteiger partial charge in [-0.25, -0.2) is 0 Å². The lowest BCUT2D eigenvalue weighted by molar-refractivity contribution is 0.411. The maximum atomic E-state index is 5.31. The van der Waals surface area contributed by atoms with Gasteiger partial charge in [-0.15, -0.1) is 0 Å². The Kier molecular flexibility index (Phi) is 3.29. The fourth-order valence-corrected chi connectivity index (χ4v) is 2.09. The van der Waals surface area contributed by atoms with Crippen molar-refractivity contribution in [1.82, 2.24) is 4.98 Å². The second-order valence-corrected chi connectivity index (χ2v) is 4.55. The predicted molar refractivity (Wildman–Crippen MR) is 73.1 cm³/mol. The van der Waals surface area contributed by atoms with Crippen molar-refractivity contribution in [2.24, 2.45) is 0 Å². The summed E-state index contributed by atoms with van der Waals surface area (Å²) in [7, 11) is 1.69. The maximum Gasteiger partial charge on any atom is 0.122 e. The van der Waals surface area contributed by atoms with Crippen molar-refractivity contribution in [3.63, 3.8) is 0 Å². The van der Waals surface area contributed by atoms with Crippen molar-refractivity contribution in [3.05, 3.63) is 46.1 Å². The number of hydrogen-bond donors (Lipinski definition) is 1. The fourth-order valence-electron chi connectivity index (χ4n) is 1.90. The van der Waals surface area contributed by atoms with Gasteiger partial charge in [0.05, 0.1) is 7.11 Å². The molecule has 0 radical (unpaired) electrons. The van der Waals surface area contributed by atoms with Gasteiger partial charge >= 0.3 is 0 Å². The van der Waals surface area contributed by atoms with E-state index in [1.54, 1.807) is 7.11 Å². The molecule has 17 heavy (non-hydrogen) atoms. The molecule has 1 heterocycles. The van der Waals surface area contributed by atoms with Crippen molar-refractivity contribution >= 4 is 12.2 Å². The van der Waals surface area contributed by atoms with Gasteiger partial charge in [0.1, 0.15) is 5.75 Å². The van der Waals surface area contributed by atoms with Crippen LogP contribution in [0, 0.1) is 18.4 Å². The number of pyridine rings is 1. The van der Waals surface area contributed by atoms with Crippen LogP contribution in [0.25, 0.3) is 11.3 Å². The molecule has 1 N–H and O–H groups in total. The van der Waals surface area contributed by atoms with Crippen LogP contribution >= 0.6 is 12.2 Å². The molecule has 0 aliphatic carbocycles. The summed E-state index contributed by atoms with van der Waals surface area (Å²) in [5.74, 6) is 0.917. The van der Waals surface area contributed by atoms with Gasteiger partial charge in [0.2, 0.25) is 0 Å². The summed E-state index contributed by atoms with van der Waals surface area (Å²) in [5, 5.41) is 0. The molecule has 0 amide bonds. The minimum Gasteiger partial charge on any atom is -0.496 e. The Balaban J connectivity index is 2.60. The van der Waals surface area contributed by atoms with E-state index in [9.17, 15) is 0 Å². The molecule has 0 fully saturated rings. The summed E-state index contributed by atoms with van der Waals surface area (Å²) in [5.41, 5.74) is 4.50. The first-order valence-electron chi connectivity index (χ1n) is 5.46. The Bertz CT molecular complexity index is 601. The molecule has 0 unspecified atom stereocenters. The number of aromatic amines is 1. The molecular formula is C14H15NOS. The van der Waals surface area contributed by atoms with Crippen LogP contribution in [0.15, 0.2) is 30.5 Å². The Hall–Kier alpha value is -1.61. The second-order valence-electron chi connectivity index (χ2n) is 4.07. The summed E-state index contributed by atoms with van der Waals surface area (Å²) < 4.78 is 6.15. The molecule has 2 aromatic rings. The number of ether oxygens (including phenoxy) is 1. The summed E-state index contributed by atoms with van der Waals surface area (Å²) >= 11 is 5.18. The third-order valence-corrected chi connectivity index (χ3v) is 3.06. The van der Waals surface area contributed by atoms with E-state index in [-0.39, 0.29) is 0 Å². The smallest absolute Gasteiger partial charge is 0.122 e. The molecule has 88 valence electrons. The predicted octanol–water partition coefficient (Wildman–Crippen LogP) is 4.04. The minimum atomic E-state index is 0.839. The molecule has 0 saturated carbocycles. The van der Waals surface area contributed by atoms with Crippen molar-refractivity contribution in [2.45, 2.75) is 13.8 Å². The third kappa shape index (κ3) is 2.39. The van der Waals surface area contributed by atoms with Gasteiger partial charge in [-0.1, -0.05) is 12.2 Å². The highest BCUT2D eigenvalue weighted by Crippen LogP contribution is 2.28. The van der Waals surface area contributed by atoms with Gasteiger partial charge in [0.15, 0.2) is 0 Å². The molecular weight excluding hydrogens is 230 g/mol. The van der Waals surface area contributed by atoms with E-state index in [2.05, 4.69) is 24.0 Å². The van der Waals surface area contributed by atoms with Crippen molar-refractivity contribution < 1.29 is 4.74 Å². The first-order chi connectivity index (χ1) is 8.11. The fraction of sp³-hybridized carbons (Fsp3) is 0.214. The second kappa shape index (κ2) is 4.72. The summed E-state index contributed by atoms with van der Waals surface area (Å²) in [4.78, 5) is 3.22. The summed E-state index contributed by atoms with van der Waals surface area (Å²) in [6.07, 6.45) is 1.87. The largest absolute Gasteiger partial charge is 0.496 e. The number of nitrogens with one attached hydrogen (secondary N) is 1. The monoisotopic (exact) mass is 245 g/mol. The molecule has 0 aliphatic rings. The first-order valence-corrected chi connectivity index (χ1v) is 5.87. The van der Waals surface area contributed by atoms with Gasteiger partial charge in [-0.3, -0.25) is 0 Å². The molecule has 0 atom stereocenters. The Labute approximate surface area is 106 Å². The van der Waals surface area contributed by atoms with Crippen molar-refractivity contribution in [1.29, 1.82) is 0 Å². The van der Waals surface area contributed by atoms with Crippen molar-refractivity contribution in [3.8, 4) is 17.0 Å². The number of methoxy groups -OCH3 is 1. The highest BCUT2D eigenvalue weighted by molar-refractivity contribution is 7.71. The van der Waals surface area contributed by atoms with Crippen LogP contribution in [-0.4, -0.2) is 12.1 Å². The normalized spacial score (nSPS) is 10.3. The number of rotatable bonds is 2. The van der Waals surface area contributed by atoms with Crippen LogP contribution in [0.4, 0.5) is 0 Å². The maximum absolute atomic E-state index is 5.31. The quantitative estimate of drug-likeness (QED) is 0.808. The van der Waals surface area contributed by atoms with Crippen molar-refractivity contribution in [2.75, 3.05) is 7.11 Å². The molecule has 2 rings (SSSR count). The summed E-state index contributed by atoms with van der Waals surface area (Å²) in [6, 6.07) is 8.03. The van der Waals surface area contributed by atoms with E-state index in [0.717, 1.165) is 27.1 Å². The van der Waals surface area contributed by atoms with Gasteiger partial charge in [-0.05, 0) is 49.2 Å². The number of H-pyrrole nitrogens is 1. The van der Waals surface area contributed by atoms with Crippen LogP contribution in [0.1, 0.15) is 11.1 Å². The zero-order valence-electron chi connectivity index (χ0n) is 10.2. The third-order valence-electron chi connectivity index (χ3n) is 2.81. The van der Waals surface area contributed by atoms with E-state index in [0.29, 0.717) is 0 Å². The highest BCUT2D eigenvalue weighted by Gasteiger charge is 2.06. The van der Waals surface area contributed by atoms with Crippen LogP contribution in [-0.2, 0) is 0 Å². The molecule has 0 saturated heterocycles. The number of benzene rings is 1. The van der Waals surface area contributed by atoms with Gasteiger partial charge in [0, 0.05) is 22.0 Å². The zero-order chi connectivity index (χ0) is 12.4. The van der Waals surface area contributed by atoms with Gasteiger partial charge in [-0.2, -0.15) is 0 Å². The first kappa shape index (κ1) is 11.9. The van der Waals surface area contributed by atoms with Crippen LogP contribution in [0.5, 0.6) is 5.75 Å². The van der Waals surface area contributed by atoms with E-state index in [1.165, 1.54) is 5.56 Å². The number of hydrogen-bond acceptors (Lipinski definition) is 2. The lowest BCUT2D eigenvalue weighted by atomic mass is 10.0. The van der Waals surface area contributed by atoms with E-state index < -0.39 is 0 Å². The van der Waals surface area contributed by atoms with Crippen LogP contribution in [0.3, 0.4) is 0 Å². The molecule has 0 aliphatic heterocycles. The Morgan fingerprint density at radius 1 is 1.12 bits per heavy atom. The minimum absolute atomic E-state index is 0.839. The Morgan fingerprint density at radius 2 is 1.88 bits per heavy atom. The molecule has 3 heteroatoms. The van der Waals surface area contributed by atoms with Gasteiger partial charge < -0.3 is 9.72 Å². The van der Waals surface area contributed by atoms with Crippen LogP contribution in [0.2, 0.25) is 0 Å².